The van der Waals surface area contributed by atoms with Gasteiger partial charge in [-0.05, 0) is 42.5 Å². The van der Waals surface area contributed by atoms with E-state index in [0.717, 1.165) is 5.75 Å². The van der Waals surface area contributed by atoms with Crippen molar-refractivity contribution in [1.29, 1.82) is 0 Å². The zero-order valence-corrected chi connectivity index (χ0v) is 19.6. The molecule has 0 saturated carbocycles. The van der Waals surface area contributed by atoms with Gasteiger partial charge < -0.3 is 14.9 Å². The number of para-hydroxylation sites is 2. The van der Waals surface area contributed by atoms with Gasteiger partial charge in [0.15, 0.2) is 5.04 Å². The Kier molecular flexibility index (Phi) is 7.66. The number of aliphatic imine (C=N–C) groups is 1. The van der Waals surface area contributed by atoms with Crippen LogP contribution in [0.1, 0.15) is 25.3 Å². The Bertz CT molecular complexity index is 1110. The number of thioether (sulfide) groups is 1. The van der Waals surface area contributed by atoms with Crippen LogP contribution in [0.4, 0.5) is 5.69 Å². The molecule has 0 saturated heterocycles. The standard InChI is InChI=1S/C23H21Cl2N3O2S/c1-5-31-23-21(26-3)20(15-11-10-14(24)12-16(15)25)19(13(2)27-23)22(29)28-17-8-6-7-9-18(17)30-4/h6-12,20-21H,5H2,1-2,4H3,(H,28,29). The van der Waals surface area contributed by atoms with Crippen molar-refractivity contribution in [3.8, 4) is 5.75 Å². The summed E-state index contributed by atoms with van der Waals surface area (Å²) in [6.45, 7) is 11.7. The van der Waals surface area contributed by atoms with Crippen molar-refractivity contribution in [3.63, 3.8) is 0 Å². The summed E-state index contributed by atoms with van der Waals surface area (Å²) >= 11 is 14.1. The molecule has 5 nitrogen and oxygen atoms in total. The number of hydrogen-bond acceptors (Lipinski definition) is 4. The van der Waals surface area contributed by atoms with Crippen molar-refractivity contribution in [2.45, 2.75) is 25.8 Å². The van der Waals surface area contributed by atoms with Crippen LogP contribution in [-0.4, -0.2) is 29.9 Å². The maximum Gasteiger partial charge on any atom is 0.282 e. The van der Waals surface area contributed by atoms with Gasteiger partial charge in [-0.3, -0.25) is 4.79 Å². The number of carbonyl (C=O) groups excluding carboxylic acids is 1. The first kappa shape index (κ1) is 23.2. The first-order valence-electron chi connectivity index (χ1n) is 9.59. The number of allylic oxidation sites excluding steroid dienone is 1. The van der Waals surface area contributed by atoms with Gasteiger partial charge in [0, 0.05) is 15.7 Å². The van der Waals surface area contributed by atoms with Crippen LogP contribution in [0.15, 0.2) is 58.7 Å². The van der Waals surface area contributed by atoms with Crippen LogP contribution < -0.4 is 10.1 Å². The lowest BCUT2D eigenvalue weighted by molar-refractivity contribution is -0.113. The van der Waals surface area contributed by atoms with Crippen LogP contribution in [0, 0.1) is 6.57 Å². The molecule has 2 unspecified atom stereocenters. The third kappa shape index (κ3) is 4.90. The molecule has 0 bridgehead atoms. The summed E-state index contributed by atoms with van der Waals surface area (Å²) in [6, 6.07) is 11.6. The first-order valence-corrected chi connectivity index (χ1v) is 11.3. The smallest absolute Gasteiger partial charge is 0.282 e. The van der Waals surface area contributed by atoms with Crippen molar-refractivity contribution in [2.75, 3.05) is 18.2 Å². The fourth-order valence-electron chi connectivity index (χ4n) is 3.53. The minimum Gasteiger partial charge on any atom is -0.495 e. The highest BCUT2D eigenvalue weighted by molar-refractivity contribution is 8.14. The number of hydrogen-bond donors (Lipinski definition) is 1. The maximum absolute atomic E-state index is 13.5. The summed E-state index contributed by atoms with van der Waals surface area (Å²) in [5.41, 5.74) is 2.16. The number of carbonyl (C=O) groups is 1. The van der Waals surface area contributed by atoms with E-state index in [9.17, 15) is 4.79 Å². The Morgan fingerprint density at radius 3 is 2.68 bits per heavy atom. The van der Waals surface area contributed by atoms with E-state index in [4.69, 9.17) is 34.5 Å². The number of amides is 1. The lowest BCUT2D eigenvalue weighted by Crippen LogP contribution is -2.34. The predicted molar refractivity (Wildman–Crippen MR) is 129 cm³/mol. The molecule has 1 N–H and O–H groups in total. The van der Waals surface area contributed by atoms with Crippen molar-refractivity contribution < 1.29 is 9.53 Å². The molecule has 1 aliphatic rings. The molecule has 31 heavy (non-hydrogen) atoms. The van der Waals surface area contributed by atoms with E-state index in [1.54, 1.807) is 44.4 Å². The molecule has 8 heteroatoms. The lowest BCUT2D eigenvalue weighted by Gasteiger charge is -2.28. The van der Waals surface area contributed by atoms with Crippen molar-refractivity contribution in [2.24, 2.45) is 4.99 Å². The summed E-state index contributed by atoms with van der Waals surface area (Å²) in [4.78, 5) is 21.9. The van der Waals surface area contributed by atoms with Crippen molar-refractivity contribution in [3.05, 3.63) is 80.8 Å². The van der Waals surface area contributed by atoms with E-state index < -0.39 is 12.0 Å². The molecule has 0 aliphatic carbocycles. The molecule has 1 heterocycles. The fraction of sp³-hybridized carbons (Fsp3) is 0.261. The number of nitrogens with one attached hydrogen (secondary N) is 1. The molecular weight excluding hydrogens is 453 g/mol. The SMILES string of the molecule is [C-]#[N+]C1C(SCC)=NC(C)=C(C(=O)Nc2ccccc2OC)C1c1ccc(Cl)cc1Cl. The number of rotatable bonds is 5. The second-order valence-corrected chi connectivity index (χ2v) is 8.88. The molecule has 3 rings (SSSR count). The van der Waals surface area contributed by atoms with E-state index in [0.29, 0.717) is 43.4 Å². The normalized spacial score (nSPS) is 18.3. The number of anilines is 1. The Morgan fingerprint density at radius 1 is 1.29 bits per heavy atom. The third-order valence-electron chi connectivity index (χ3n) is 4.88. The number of methoxy groups -OCH3 is 1. The van der Waals surface area contributed by atoms with Gasteiger partial charge in [-0.1, -0.05) is 48.3 Å². The number of halogens is 2. The van der Waals surface area contributed by atoms with E-state index >= 15 is 0 Å². The van der Waals surface area contributed by atoms with E-state index in [2.05, 4.69) is 15.2 Å². The average molecular weight is 474 g/mol. The van der Waals surface area contributed by atoms with Crippen LogP contribution in [0.5, 0.6) is 5.75 Å². The average Bonchev–Trinajstić information content (AvgIpc) is 2.74. The molecular formula is C23H21Cl2N3O2S. The minimum absolute atomic E-state index is 0.351. The van der Waals surface area contributed by atoms with Crippen LogP contribution in [0.3, 0.4) is 0 Å². The quantitative estimate of drug-likeness (QED) is 0.507. The highest BCUT2D eigenvalue weighted by Crippen LogP contribution is 2.42. The summed E-state index contributed by atoms with van der Waals surface area (Å²) in [7, 11) is 1.54. The Hall–Kier alpha value is -2.46. The molecule has 0 radical (unpaired) electrons. The number of nitrogens with zero attached hydrogens (tertiary/aromatic N) is 2. The van der Waals surface area contributed by atoms with Gasteiger partial charge in [-0.2, -0.15) is 0 Å². The summed E-state index contributed by atoms with van der Waals surface area (Å²) in [5, 5.41) is 4.49. The van der Waals surface area contributed by atoms with Gasteiger partial charge in [-0.25, -0.2) is 11.6 Å². The Morgan fingerprint density at radius 2 is 2.03 bits per heavy atom. The monoisotopic (exact) mass is 473 g/mol. The molecule has 1 aliphatic heterocycles. The van der Waals surface area contributed by atoms with Crippen LogP contribution >= 0.6 is 35.0 Å². The van der Waals surface area contributed by atoms with Crippen molar-refractivity contribution in [1.82, 2.24) is 0 Å². The molecule has 160 valence electrons. The third-order valence-corrected chi connectivity index (χ3v) is 6.36. The first-order chi connectivity index (χ1) is 14.9. The van der Waals surface area contributed by atoms with E-state index in [1.807, 2.05) is 19.1 Å². The highest BCUT2D eigenvalue weighted by atomic mass is 35.5. The Balaban J connectivity index is 2.13. The summed E-state index contributed by atoms with van der Waals surface area (Å²) < 4.78 is 5.35. The van der Waals surface area contributed by atoms with E-state index in [-0.39, 0.29) is 5.91 Å². The lowest BCUT2D eigenvalue weighted by atomic mass is 9.82. The molecule has 1 amide bonds. The van der Waals surface area contributed by atoms with Gasteiger partial charge in [0.2, 0.25) is 0 Å². The minimum atomic E-state index is -0.661. The van der Waals surface area contributed by atoms with Gasteiger partial charge >= 0.3 is 0 Å². The summed E-state index contributed by atoms with van der Waals surface area (Å²) in [5.74, 6) is 0.375. The van der Waals surface area contributed by atoms with Gasteiger partial charge in [0.25, 0.3) is 11.9 Å². The fourth-order valence-corrected chi connectivity index (χ4v) is 4.92. The maximum atomic E-state index is 13.5. The number of benzene rings is 2. The van der Waals surface area contributed by atoms with Gasteiger partial charge in [0.1, 0.15) is 5.75 Å². The molecule has 0 spiro atoms. The molecule has 2 aromatic carbocycles. The van der Waals surface area contributed by atoms with Crippen LogP contribution in [0.2, 0.25) is 10.0 Å². The topological polar surface area (TPSA) is 55.0 Å². The molecule has 0 aromatic heterocycles. The second kappa shape index (κ2) is 10.2. The second-order valence-electron chi connectivity index (χ2n) is 6.75. The van der Waals surface area contributed by atoms with Gasteiger partial charge in [0.05, 0.1) is 24.3 Å². The predicted octanol–water partition coefficient (Wildman–Crippen LogP) is 6.45. The molecule has 2 aromatic rings. The summed E-state index contributed by atoms with van der Waals surface area (Å²) in [6.07, 6.45) is 0. The molecule has 2 atom stereocenters. The molecule has 0 fully saturated rings. The largest absolute Gasteiger partial charge is 0.495 e. The zero-order valence-electron chi connectivity index (χ0n) is 17.3. The van der Waals surface area contributed by atoms with Gasteiger partial charge in [-0.15, -0.1) is 11.8 Å². The van der Waals surface area contributed by atoms with E-state index in [1.165, 1.54) is 11.8 Å². The zero-order chi connectivity index (χ0) is 22.5. The van der Waals surface area contributed by atoms with Crippen molar-refractivity contribution >= 4 is 51.6 Å². The van der Waals surface area contributed by atoms with Crippen LogP contribution in [0.25, 0.3) is 4.85 Å². The number of ether oxygens (including phenoxy) is 1. The highest BCUT2D eigenvalue weighted by Gasteiger charge is 2.43. The van der Waals surface area contributed by atoms with Crippen LogP contribution in [-0.2, 0) is 4.79 Å². The Labute approximate surface area is 196 Å².